The Morgan fingerprint density at radius 1 is 1.19 bits per heavy atom. The Morgan fingerprint density at radius 3 is 2.58 bits per heavy atom. The molecule has 0 aliphatic carbocycles. The maximum Gasteiger partial charge on any atom is 0.228 e. The fourth-order valence-electron chi connectivity index (χ4n) is 3.16. The molecule has 2 amide bonds. The Labute approximate surface area is 163 Å². The van der Waals surface area contributed by atoms with Crippen molar-refractivity contribution >= 4 is 40.7 Å². The second kappa shape index (κ2) is 7.68. The van der Waals surface area contributed by atoms with E-state index >= 15 is 0 Å². The standard InChI is InChI=1S/C20H20Cl2N2O2/c1-13-6-8-16(9-7-13)24-12-15(10-18(24)25)20(26)23(2)11-14-4-3-5-17(21)19(14)22/h3-9,15H,10-12H2,1-2H3. The largest absolute Gasteiger partial charge is 0.341 e. The lowest BCUT2D eigenvalue weighted by molar-refractivity contribution is -0.135. The summed E-state index contributed by atoms with van der Waals surface area (Å²) in [5.41, 5.74) is 2.75. The summed E-state index contributed by atoms with van der Waals surface area (Å²) in [5, 5.41) is 0.921. The molecule has 1 atom stereocenters. The van der Waals surface area contributed by atoms with Gasteiger partial charge in [-0.3, -0.25) is 9.59 Å². The van der Waals surface area contributed by atoms with Gasteiger partial charge in [-0.1, -0.05) is 53.0 Å². The third-order valence-corrected chi connectivity index (χ3v) is 5.49. The summed E-state index contributed by atoms with van der Waals surface area (Å²) in [5.74, 6) is -0.447. The van der Waals surface area contributed by atoms with E-state index in [1.165, 1.54) is 0 Å². The molecule has 0 radical (unpaired) electrons. The molecule has 26 heavy (non-hydrogen) atoms. The molecule has 1 saturated heterocycles. The lowest BCUT2D eigenvalue weighted by Crippen LogP contribution is -2.34. The first-order valence-electron chi connectivity index (χ1n) is 8.41. The van der Waals surface area contributed by atoms with Crippen molar-refractivity contribution in [1.29, 1.82) is 0 Å². The molecular formula is C20H20Cl2N2O2. The molecule has 1 unspecified atom stereocenters. The summed E-state index contributed by atoms with van der Waals surface area (Å²) < 4.78 is 0. The Hall–Kier alpha value is -2.04. The molecule has 2 aromatic carbocycles. The summed E-state index contributed by atoms with van der Waals surface area (Å²) in [6, 6.07) is 13.1. The Bertz CT molecular complexity index is 836. The summed E-state index contributed by atoms with van der Waals surface area (Å²) in [7, 11) is 1.72. The molecule has 0 N–H and O–H groups in total. The highest BCUT2D eigenvalue weighted by Crippen LogP contribution is 2.29. The van der Waals surface area contributed by atoms with Crippen LogP contribution in [0.25, 0.3) is 0 Å². The first-order valence-corrected chi connectivity index (χ1v) is 9.17. The molecule has 0 saturated carbocycles. The second-order valence-corrected chi connectivity index (χ2v) is 7.43. The van der Waals surface area contributed by atoms with Gasteiger partial charge in [0.1, 0.15) is 0 Å². The molecule has 1 fully saturated rings. The molecule has 136 valence electrons. The Kier molecular flexibility index (Phi) is 5.54. The monoisotopic (exact) mass is 390 g/mol. The Balaban J connectivity index is 1.69. The summed E-state index contributed by atoms with van der Waals surface area (Å²) in [4.78, 5) is 28.5. The molecule has 1 aliphatic rings. The summed E-state index contributed by atoms with van der Waals surface area (Å²) >= 11 is 12.2. The molecule has 0 bridgehead atoms. The van der Waals surface area contributed by atoms with Gasteiger partial charge in [0.05, 0.1) is 16.0 Å². The predicted molar refractivity (Wildman–Crippen MR) is 105 cm³/mol. The van der Waals surface area contributed by atoms with Gasteiger partial charge >= 0.3 is 0 Å². The minimum Gasteiger partial charge on any atom is -0.341 e. The molecule has 0 spiro atoms. The molecule has 0 aromatic heterocycles. The van der Waals surface area contributed by atoms with Gasteiger partial charge in [0.25, 0.3) is 0 Å². The SMILES string of the molecule is Cc1ccc(N2CC(C(=O)N(C)Cc3cccc(Cl)c3Cl)CC2=O)cc1. The van der Waals surface area contributed by atoms with Crippen LogP contribution in [-0.2, 0) is 16.1 Å². The van der Waals surface area contributed by atoms with Gasteiger partial charge in [-0.15, -0.1) is 0 Å². The molecule has 2 aromatic rings. The van der Waals surface area contributed by atoms with Gasteiger partial charge in [0.15, 0.2) is 0 Å². The summed E-state index contributed by atoms with van der Waals surface area (Å²) in [6.45, 7) is 2.75. The zero-order chi connectivity index (χ0) is 18.8. The van der Waals surface area contributed by atoms with Gasteiger partial charge < -0.3 is 9.80 Å². The fraction of sp³-hybridized carbons (Fsp3) is 0.300. The van der Waals surface area contributed by atoms with E-state index in [1.807, 2.05) is 37.3 Å². The highest BCUT2D eigenvalue weighted by molar-refractivity contribution is 6.42. The minimum atomic E-state index is -0.355. The zero-order valence-corrected chi connectivity index (χ0v) is 16.2. The van der Waals surface area contributed by atoms with Crippen LogP contribution in [0.1, 0.15) is 17.5 Å². The van der Waals surface area contributed by atoms with Crippen LogP contribution >= 0.6 is 23.2 Å². The van der Waals surface area contributed by atoms with Crippen molar-refractivity contribution in [3.8, 4) is 0 Å². The van der Waals surface area contributed by atoms with Crippen molar-refractivity contribution in [3.05, 3.63) is 63.6 Å². The van der Waals surface area contributed by atoms with E-state index in [4.69, 9.17) is 23.2 Å². The van der Waals surface area contributed by atoms with E-state index in [0.29, 0.717) is 23.1 Å². The summed E-state index contributed by atoms with van der Waals surface area (Å²) in [6.07, 6.45) is 0.223. The maximum absolute atomic E-state index is 12.8. The lowest BCUT2D eigenvalue weighted by Gasteiger charge is -2.22. The third kappa shape index (κ3) is 3.87. The number of amides is 2. The number of rotatable bonds is 4. The van der Waals surface area contributed by atoms with Crippen LogP contribution in [0, 0.1) is 12.8 Å². The van der Waals surface area contributed by atoms with Crippen LogP contribution in [0.3, 0.4) is 0 Å². The molecular weight excluding hydrogens is 371 g/mol. The topological polar surface area (TPSA) is 40.6 Å². The van der Waals surface area contributed by atoms with Gasteiger partial charge in [-0.05, 0) is 30.7 Å². The number of aryl methyl sites for hydroxylation is 1. The highest BCUT2D eigenvalue weighted by atomic mass is 35.5. The quantitative estimate of drug-likeness (QED) is 0.779. The van der Waals surface area contributed by atoms with Gasteiger partial charge in [0, 0.05) is 32.2 Å². The molecule has 3 rings (SSSR count). The number of carbonyl (C=O) groups is 2. The van der Waals surface area contributed by atoms with Crippen LogP contribution in [0.2, 0.25) is 10.0 Å². The van der Waals surface area contributed by atoms with Crippen LogP contribution in [-0.4, -0.2) is 30.3 Å². The predicted octanol–water partition coefficient (Wildman–Crippen LogP) is 4.31. The zero-order valence-electron chi connectivity index (χ0n) is 14.7. The lowest BCUT2D eigenvalue weighted by atomic mass is 10.1. The maximum atomic E-state index is 12.8. The third-order valence-electron chi connectivity index (χ3n) is 4.64. The van der Waals surface area contributed by atoms with Crippen LogP contribution < -0.4 is 4.90 Å². The van der Waals surface area contributed by atoms with Gasteiger partial charge in [-0.25, -0.2) is 0 Å². The molecule has 6 heteroatoms. The van der Waals surface area contributed by atoms with E-state index in [1.54, 1.807) is 29.0 Å². The van der Waals surface area contributed by atoms with Crippen LogP contribution in [0.15, 0.2) is 42.5 Å². The van der Waals surface area contributed by atoms with E-state index < -0.39 is 0 Å². The second-order valence-electron chi connectivity index (χ2n) is 6.65. The normalized spacial score (nSPS) is 16.8. The minimum absolute atomic E-state index is 0.0265. The molecule has 1 heterocycles. The van der Waals surface area contributed by atoms with E-state index in [2.05, 4.69) is 0 Å². The number of halogens is 2. The number of carbonyl (C=O) groups excluding carboxylic acids is 2. The molecule has 1 aliphatic heterocycles. The van der Waals surface area contributed by atoms with E-state index in [9.17, 15) is 9.59 Å². The van der Waals surface area contributed by atoms with Crippen molar-refractivity contribution in [2.24, 2.45) is 5.92 Å². The van der Waals surface area contributed by atoms with Crippen molar-refractivity contribution in [3.63, 3.8) is 0 Å². The highest BCUT2D eigenvalue weighted by Gasteiger charge is 2.36. The van der Waals surface area contributed by atoms with Crippen LogP contribution in [0.4, 0.5) is 5.69 Å². The average Bonchev–Trinajstić information content (AvgIpc) is 3.00. The first-order chi connectivity index (χ1) is 12.4. The van der Waals surface area contributed by atoms with Crippen LogP contribution in [0.5, 0.6) is 0 Å². The van der Waals surface area contributed by atoms with Crippen molar-refractivity contribution in [1.82, 2.24) is 4.90 Å². The number of nitrogens with zero attached hydrogens (tertiary/aromatic N) is 2. The van der Waals surface area contributed by atoms with Crippen molar-refractivity contribution in [2.75, 3.05) is 18.5 Å². The fourth-order valence-corrected chi connectivity index (χ4v) is 3.54. The van der Waals surface area contributed by atoms with E-state index in [-0.39, 0.29) is 24.2 Å². The number of hydrogen-bond donors (Lipinski definition) is 0. The molecule has 4 nitrogen and oxygen atoms in total. The first kappa shape index (κ1) is 18.7. The number of anilines is 1. The van der Waals surface area contributed by atoms with Crippen molar-refractivity contribution in [2.45, 2.75) is 19.9 Å². The van der Waals surface area contributed by atoms with Crippen molar-refractivity contribution < 1.29 is 9.59 Å². The number of benzene rings is 2. The van der Waals surface area contributed by atoms with Gasteiger partial charge in [-0.2, -0.15) is 0 Å². The Morgan fingerprint density at radius 2 is 1.88 bits per heavy atom. The average molecular weight is 391 g/mol. The van der Waals surface area contributed by atoms with E-state index in [0.717, 1.165) is 16.8 Å². The number of hydrogen-bond acceptors (Lipinski definition) is 2. The smallest absolute Gasteiger partial charge is 0.228 e. The van der Waals surface area contributed by atoms with Gasteiger partial charge in [0.2, 0.25) is 11.8 Å².